The summed E-state index contributed by atoms with van der Waals surface area (Å²) < 4.78 is 8.74. The van der Waals surface area contributed by atoms with Crippen LogP contribution in [0.2, 0.25) is 0 Å². The van der Waals surface area contributed by atoms with E-state index in [-0.39, 0.29) is 0 Å². The Morgan fingerprint density at radius 2 is 2.03 bits per heavy atom. The molecule has 7 heteroatoms. The number of anilines is 1. The maximum atomic E-state index is 9.44. The van der Waals surface area contributed by atoms with Crippen LogP contribution in [0.1, 0.15) is 23.7 Å². The zero-order valence-corrected chi connectivity index (χ0v) is 18.3. The Morgan fingerprint density at radius 3 is 2.87 bits per heavy atom. The van der Waals surface area contributed by atoms with Gasteiger partial charge in [0.2, 0.25) is 0 Å². The van der Waals surface area contributed by atoms with Gasteiger partial charge >= 0.3 is 0 Å². The van der Waals surface area contributed by atoms with Gasteiger partial charge in [0.15, 0.2) is 11.4 Å². The van der Waals surface area contributed by atoms with Crippen LogP contribution in [0.4, 0.5) is 5.82 Å². The van der Waals surface area contributed by atoms with Crippen molar-refractivity contribution in [2.24, 2.45) is 0 Å². The van der Waals surface area contributed by atoms with Gasteiger partial charge in [0, 0.05) is 35.3 Å². The number of hydrogen-bond donors (Lipinski definition) is 1. The highest BCUT2D eigenvalue weighted by Gasteiger charge is 2.17. The molecule has 1 N–H and O–H groups in total. The van der Waals surface area contributed by atoms with Crippen molar-refractivity contribution in [1.82, 2.24) is 14.6 Å². The van der Waals surface area contributed by atoms with Gasteiger partial charge in [-0.3, -0.25) is 0 Å². The lowest BCUT2D eigenvalue weighted by molar-refractivity contribution is 0.629. The summed E-state index contributed by atoms with van der Waals surface area (Å²) in [6, 6.07) is 19.7. The summed E-state index contributed by atoms with van der Waals surface area (Å²) in [7, 11) is 0. The molecule has 5 rings (SSSR count). The quantitative estimate of drug-likeness (QED) is 0.342. The Hall–Kier alpha value is -3.63. The van der Waals surface area contributed by atoms with Gasteiger partial charge in [-0.15, -0.1) is 0 Å². The smallest absolute Gasteiger partial charge is 0.157 e. The fourth-order valence-electron chi connectivity index (χ4n) is 3.64. The molecule has 31 heavy (non-hydrogen) atoms. The van der Waals surface area contributed by atoms with Crippen LogP contribution in [0.25, 0.3) is 27.9 Å². The van der Waals surface area contributed by atoms with Gasteiger partial charge in [-0.2, -0.15) is 14.9 Å². The molecule has 0 aliphatic rings. The van der Waals surface area contributed by atoms with E-state index in [9.17, 15) is 5.26 Å². The highest BCUT2D eigenvalue weighted by Crippen LogP contribution is 2.39. The fraction of sp³-hybridized carbons (Fsp3) is 0.125. The summed E-state index contributed by atoms with van der Waals surface area (Å²) in [5.41, 5.74) is 5.07. The lowest BCUT2D eigenvalue weighted by Crippen LogP contribution is -2.07. The average molecular weight is 472 g/mol. The van der Waals surface area contributed by atoms with Crippen molar-refractivity contribution < 1.29 is 4.42 Å². The molecular formula is C24H18BrN5O. The number of aromatic nitrogens is 3. The van der Waals surface area contributed by atoms with Crippen molar-refractivity contribution in [2.75, 3.05) is 5.32 Å². The van der Waals surface area contributed by atoms with Crippen molar-refractivity contribution >= 4 is 38.4 Å². The number of nitrogens with zero attached hydrogens (tertiary/aromatic N) is 4. The van der Waals surface area contributed by atoms with Gasteiger partial charge in [0.25, 0.3) is 0 Å². The van der Waals surface area contributed by atoms with Crippen molar-refractivity contribution in [3.8, 4) is 17.4 Å². The second kappa shape index (κ2) is 7.89. The minimum atomic E-state index is 0.580. The number of halogens is 1. The highest BCUT2D eigenvalue weighted by molar-refractivity contribution is 9.10. The molecule has 0 aliphatic carbocycles. The van der Waals surface area contributed by atoms with E-state index >= 15 is 0 Å². The van der Waals surface area contributed by atoms with Crippen LogP contribution >= 0.6 is 15.9 Å². The minimum absolute atomic E-state index is 0.580. The summed E-state index contributed by atoms with van der Waals surface area (Å²) >= 11 is 3.68. The van der Waals surface area contributed by atoms with Gasteiger partial charge in [-0.25, -0.2) is 4.98 Å². The molecule has 0 bridgehead atoms. The summed E-state index contributed by atoms with van der Waals surface area (Å²) in [4.78, 5) is 4.59. The first-order chi connectivity index (χ1) is 15.2. The maximum Gasteiger partial charge on any atom is 0.157 e. The Kier molecular flexibility index (Phi) is 4.92. The first-order valence-electron chi connectivity index (χ1n) is 9.96. The molecule has 2 aromatic carbocycles. The minimum Gasteiger partial charge on any atom is -0.455 e. The van der Waals surface area contributed by atoms with E-state index in [1.165, 1.54) is 0 Å². The van der Waals surface area contributed by atoms with E-state index in [1.807, 2.05) is 47.0 Å². The molecule has 0 spiro atoms. The standard InChI is InChI=1S/C24H18BrN5O/c1-2-17-12-22(30-21(29-17)9-10-28-30)27-14-15-7-8-20-19(11-15)23(25)24(31-20)18-6-4-3-5-16(18)13-26/h3-12,27H,2,14H2,1H3. The van der Waals surface area contributed by atoms with Crippen molar-refractivity contribution in [2.45, 2.75) is 19.9 Å². The molecule has 5 aromatic rings. The Labute approximate surface area is 187 Å². The maximum absolute atomic E-state index is 9.44. The van der Waals surface area contributed by atoms with Gasteiger partial charge in [-0.05, 0) is 52.2 Å². The number of aryl methyl sites for hydroxylation is 1. The number of nitrogens with one attached hydrogen (secondary N) is 1. The van der Waals surface area contributed by atoms with E-state index in [0.29, 0.717) is 17.9 Å². The first kappa shape index (κ1) is 19.3. The van der Waals surface area contributed by atoms with Gasteiger partial charge in [-0.1, -0.05) is 25.1 Å². The Bertz CT molecular complexity index is 1460. The molecule has 0 amide bonds. The molecule has 152 valence electrons. The molecule has 0 saturated heterocycles. The van der Waals surface area contributed by atoms with Crippen LogP contribution in [0, 0.1) is 11.3 Å². The van der Waals surface area contributed by atoms with Crippen LogP contribution < -0.4 is 5.32 Å². The third-order valence-corrected chi connectivity index (χ3v) is 6.02. The zero-order valence-electron chi connectivity index (χ0n) is 16.8. The van der Waals surface area contributed by atoms with Crippen LogP contribution in [-0.4, -0.2) is 14.6 Å². The molecule has 3 aromatic heterocycles. The number of benzene rings is 2. The SMILES string of the molecule is CCc1cc(NCc2ccc3oc(-c4ccccc4C#N)c(Br)c3c2)n2nccc2n1. The molecule has 0 unspecified atom stereocenters. The van der Waals surface area contributed by atoms with Crippen molar-refractivity contribution in [3.63, 3.8) is 0 Å². The van der Waals surface area contributed by atoms with Gasteiger partial charge < -0.3 is 9.73 Å². The Morgan fingerprint density at radius 1 is 1.16 bits per heavy atom. The van der Waals surface area contributed by atoms with E-state index < -0.39 is 0 Å². The molecule has 0 saturated carbocycles. The van der Waals surface area contributed by atoms with Crippen molar-refractivity contribution in [1.29, 1.82) is 5.26 Å². The Balaban J connectivity index is 1.48. The van der Waals surface area contributed by atoms with Crippen LogP contribution in [0.3, 0.4) is 0 Å². The largest absolute Gasteiger partial charge is 0.455 e. The van der Waals surface area contributed by atoms with E-state index in [2.05, 4.69) is 50.4 Å². The number of furan rings is 1. The summed E-state index contributed by atoms with van der Waals surface area (Å²) in [6.45, 7) is 2.71. The lowest BCUT2D eigenvalue weighted by Gasteiger charge is -2.10. The fourth-order valence-corrected chi connectivity index (χ4v) is 4.25. The second-order valence-electron chi connectivity index (χ2n) is 7.17. The molecular weight excluding hydrogens is 454 g/mol. The predicted octanol–water partition coefficient (Wildman–Crippen LogP) is 5.95. The summed E-state index contributed by atoms with van der Waals surface area (Å²) in [6.07, 6.45) is 2.61. The van der Waals surface area contributed by atoms with E-state index in [1.54, 1.807) is 12.3 Å². The second-order valence-corrected chi connectivity index (χ2v) is 7.97. The lowest BCUT2D eigenvalue weighted by atomic mass is 10.1. The molecule has 0 aliphatic heterocycles. The van der Waals surface area contributed by atoms with E-state index in [0.717, 1.165) is 50.1 Å². The molecule has 0 atom stereocenters. The normalized spacial score (nSPS) is 11.1. The van der Waals surface area contributed by atoms with Crippen LogP contribution in [0.5, 0.6) is 0 Å². The van der Waals surface area contributed by atoms with Crippen LogP contribution in [-0.2, 0) is 13.0 Å². The molecule has 3 heterocycles. The monoisotopic (exact) mass is 471 g/mol. The number of nitriles is 1. The molecule has 0 radical (unpaired) electrons. The average Bonchev–Trinajstić information content (AvgIpc) is 3.41. The predicted molar refractivity (Wildman–Crippen MR) is 124 cm³/mol. The third kappa shape index (κ3) is 3.45. The zero-order chi connectivity index (χ0) is 21.4. The van der Waals surface area contributed by atoms with Gasteiger partial charge in [0.05, 0.1) is 22.3 Å². The summed E-state index contributed by atoms with van der Waals surface area (Å²) in [5, 5.41) is 18.2. The van der Waals surface area contributed by atoms with Gasteiger partial charge in [0.1, 0.15) is 11.4 Å². The number of fused-ring (bicyclic) bond motifs is 2. The summed E-state index contributed by atoms with van der Waals surface area (Å²) in [5.74, 6) is 1.57. The van der Waals surface area contributed by atoms with Crippen LogP contribution in [0.15, 0.2) is 69.7 Å². The third-order valence-electron chi connectivity index (χ3n) is 5.23. The van der Waals surface area contributed by atoms with Crippen molar-refractivity contribution in [3.05, 3.63) is 82.1 Å². The number of hydrogen-bond acceptors (Lipinski definition) is 5. The highest BCUT2D eigenvalue weighted by atomic mass is 79.9. The molecule has 0 fully saturated rings. The topological polar surface area (TPSA) is 79.2 Å². The first-order valence-corrected chi connectivity index (χ1v) is 10.7. The molecule has 6 nitrogen and oxygen atoms in total. The van der Waals surface area contributed by atoms with E-state index in [4.69, 9.17) is 4.42 Å². The number of rotatable bonds is 5.